The number of hydrogen-bond acceptors (Lipinski definition) is 1. The molecule has 236 valence electrons. The van der Waals surface area contributed by atoms with Crippen LogP contribution >= 0.6 is 0 Å². The Morgan fingerprint density at radius 1 is 0.479 bits per heavy atom. The summed E-state index contributed by atoms with van der Waals surface area (Å²) in [5.41, 5.74) is 17.0. The van der Waals surface area contributed by atoms with E-state index in [4.69, 9.17) is 0 Å². The van der Waals surface area contributed by atoms with Gasteiger partial charge in [-0.25, -0.2) is 0 Å². The first-order valence-electron chi connectivity index (χ1n) is 17.3. The molecule has 0 radical (unpaired) electrons. The Morgan fingerprint density at radius 2 is 1.04 bits per heavy atom. The normalized spacial score (nSPS) is 12.2. The van der Waals surface area contributed by atoms with Crippen molar-refractivity contribution < 1.29 is 0 Å². The van der Waals surface area contributed by atoms with E-state index in [9.17, 15) is 0 Å². The van der Waals surface area contributed by atoms with Gasteiger partial charge in [0.1, 0.15) is 0 Å². The van der Waals surface area contributed by atoms with E-state index < -0.39 is 0 Å². The lowest BCUT2D eigenvalue weighted by molar-refractivity contribution is 0.590. The van der Waals surface area contributed by atoms with Crippen LogP contribution in [-0.4, -0.2) is 0 Å². The molecule has 0 saturated carbocycles. The maximum absolute atomic E-state index is 2.45. The molecule has 7 aromatic rings. The van der Waals surface area contributed by atoms with Crippen LogP contribution in [0.1, 0.15) is 62.8 Å². The third-order valence-corrected chi connectivity index (χ3v) is 10.4. The lowest BCUT2D eigenvalue weighted by Crippen LogP contribution is -2.13. The van der Waals surface area contributed by atoms with Crippen LogP contribution in [0.2, 0.25) is 0 Å². The average Bonchev–Trinajstić information content (AvgIpc) is 3.08. The fraction of sp³-hybridized carbons (Fsp3) is 0.191. The molecule has 0 saturated heterocycles. The minimum Gasteiger partial charge on any atom is -0.310 e. The molecule has 0 amide bonds. The Balaban J connectivity index is 1.19. The van der Waals surface area contributed by atoms with Gasteiger partial charge in [0.05, 0.1) is 0 Å². The van der Waals surface area contributed by atoms with Gasteiger partial charge >= 0.3 is 0 Å². The Bertz CT molecular complexity index is 2370. The summed E-state index contributed by atoms with van der Waals surface area (Å²) in [7, 11) is 0. The molecule has 7 aromatic carbocycles. The molecule has 0 bridgehead atoms. The van der Waals surface area contributed by atoms with Gasteiger partial charge in [0.15, 0.2) is 0 Å². The van der Waals surface area contributed by atoms with Gasteiger partial charge in [-0.1, -0.05) is 107 Å². The van der Waals surface area contributed by atoms with Crippen molar-refractivity contribution in [1.82, 2.24) is 0 Å². The summed E-state index contributed by atoms with van der Waals surface area (Å²) < 4.78 is 0. The SMILES string of the molecule is Cc1ccccc1N(c1ccc2cc3c(cc2c1)-c1cc2ccc(-c4ccc(C(C)(C)C)cc4)cc2cc1-3)c1cc(C(C)C)ccc1C. The Kier molecular flexibility index (Phi) is 7.07. The summed E-state index contributed by atoms with van der Waals surface area (Å²) in [6.07, 6.45) is 0. The van der Waals surface area contributed by atoms with E-state index in [-0.39, 0.29) is 5.41 Å². The van der Waals surface area contributed by atoms with Gasteiger partial charge in [0, 0.05) is 17.1 Å². The molecule has 1 nitrogen and oxygen atoms in total. The molecular weight excluding hydrogens is 579 g/mol. The fourth-order valence-electron chi connectivity index (χ4n) is 7.34. The van der Waals surface area contributed by atoms with Crippen molar-refractivity contribution >= 4 is 38.6 Å². The van der Waals surface area contributed by atoms with Crippen LogP contribution in [0.5, 0.6) is 0 Å². The summed E-state index contributed by atoms with van der Waals surface area (Å²) in [5.74, 6) is 0.459. The zero-order valence-electron chi connectivity index (χ0n) is 29.1. The first kappa shape index (κ1) is 30.2. The van der Waals surface area contributed by atoms with Gasteiger partial charge < -0.3 is 4.90 Å². The Labute approximate surface area is 285 Å². The summed E-state index contributed by atoms with van der Waals surface area (Å²) in [5, 5.41) is 5.12. The highest BCUT2D eigenvalue weighted by molar-refractivity contribution is 6.12. The van der Waals surface area contributed by atoms with Crippen molar-refractivity contribution in [3.63, 3.8) is 0 Å². The van der Waals surface area contributed by atoms with E-state index in [1.165, 1.54) is 94.2 Å². The van der Waals surface area contributed by atoms with Gasteiger partial charge in [-0.15, -0.1) is 0 Å². The fourth-order valence-corrected chi connectivity index (χ4v) is 7.34. The van der Waals surface area contributed by atoms with Crippen molar-refractivity contribution in [2.45, 2.75) is 59.8 Å². The molecule has 0 N–H and O–H groups in total. The molecule has 0 aliphatic heterocycles. The monoisotopic (exact) mass is 621 g/mol. The molecule has 0 aromatic heterocycles. The highest BCUT2D eigenvalue weighted by Gasteiger charge is 2.25. The van der Waals surface area contributed by atoms with Gasteiger partial charge in [0.2, 0.25) is 0 Å². The van der Waals surface area contributed by atoms with Crippen molar-refractivity contribution in [3.05, 3.63) is 150 Å². The topological polar surface area (TPSA) is 3.24 Å². The second kappa shape index (κ2) is 11.2. The molecule has 8 rings (SSSR count). The van der Waals surface area contributed by atoms with E-state index in [2.05, 4.69) is 181 Å². The molecular formula is C47H43N. The van der Waals surface area contributed by atoms with Crippen molar-refractivity contribution in [2.75, 3.05) is 4.90 Å². The number of nitrogens with zero attached hydrogens (tertiary/aromatic N) is 1. The summed E-state index contributed by atoms with van der Waals surface area (Å²) in [6.45, 7) is 15.8. The van der Waals surface area contributed by atoms with Gasteiger partial charge in [-0.3, -0.25) is 0 Å². The van der Waals surface area contributed by atoms with E-state index in [1.807, 2.05) is 0 Å². The van der Waals surface area contributed by atoms with Crippen LogP contribution in [0.15, 0.2) is 127 Å². The van der Waals surface area contributed by atoms with Gasteiger partial charge in [-0.2, -0.15) is 0 Å². The molecule has 48 heavy (non-hydrogen) atoms. The third kappa shape index (κ3) is 5.10. The highest BCUT2D eigenvalue weighted by atomic mass is 15.1. The van der Waals surface area contributed by atoms with Crippen molar-refractivity contribution in [2.24, 2.45) is 0 Å². The minimum atomic E-state index is 0.155. The van der Waals surface area contributed by atoms with Crippen LogP contribution in [-0.2, 0) is 5.41 Å². The van der Waals surface area contributed by atoms with Crippen molar-refractivity contribution in [3.8, 4) is 33.4 Å². The molecule has 0 unspecified atom stereocenters. The summed E-state index contributed by atoms with van der Waals surface area (Å²) in [6, 6.07) is 48.2. The maximum Gasteiger partial charge on any atom is 0.0493 e. The van der Waals surface area contributed by atoms with Crippen LogP contribution in [0, 0.1) is 13.8 Å². The number of rotatable bonds is 5. The smallest absolute Gasteiger partial charge is 0.0493 e. The largest absolute Gasteiger partial charge is 0.310 e. The van der Waals surface area contributed by atoms with Crippen molar-refractivity contribution in [1.29, 1.82) is 0 Å². The second-order valence-corrected chi connectivity index (χ2v) is 15.0. The minimum absolute atomic E-state index is 0.155. The number of aryl methyl sites for hydroxylation is 2. The van der Waals surface area contributed by atoms with E-state index >= 15 is 0 Å². The average molecular weight is 622 g/mol. The van der Waals surface area contributed by atoms with Crippen LogP contribution < -0.4 is 4.90 Å². The van der Waals surface area contributed by atoms with Crippen LogP contribution in [0.4, 0.5) is 17.1 Å². The lowest BCUT2D eigenvalue weighted by Gasteiger charge is -2.30. The number of para-hydroxylation sites is 1. The number of anilines is 3. The molecule has 0 spiro atoms. The molecule has 1 aliphatic rings. The molecule has 0 atom stereocenters. The first-order chi connectivity index (χ1) is 23.0. The maximum atomic E-state index is 2.45. The Hall–Kier alpha value is -5.14. The van der Waals surface area contributed by atoms with E-state index in [0.717, 1.165) is 0 Å². The summed E-state index contributed by atoms with van der Waals surface area (Å²) in [4.78, 5) is 2.45. The number of benzene rings is 7. The molecule has 1 aliphatic carbocycles. The highest BCUT2D eigenvalue weighted by Crippen LogP contribution is 2.51. The molecule has 0 fully saturated rings. The summed E-state index contributed by atoms with van der Waals surface area (Å²) >= 11 is 0. The third-order valence-electron chi connectivity index (χ3n) is 10.4. The first-order valence-corrected chi connectivity index (χ1v) is 17.3. The quantitative estimate of drug-likeness (QED) is 0.185. The van der Waals surface area contributed by atoms with Crippen LogP contribution in [0.3, 0.4) is 0 Å². The molecule has 1 heteroatoms. The van der Waals surface area contributed by atoms with Crippen LogP contribution in [0.25, 0.3) is 54.9 Å². The number of hydrogen-bond donors (Lipinski definition) is 0. The zero-order chi connectivity index (χ0) is 33.3. The predicted octanol–water partition coefficient (Wildman–Crippen LogP) is 13.8. The standard InChI is InChI=1S/C47H43N/c1-29(2)33-13-12-31(4)46(28-33)48(45-11-9-8-10-30(45)3)40-21-18-36-25-42-43-26-37-22-34(32-16-19-39(20-17-32)47(5,6)7)14-15-35(37)24-41(43)44(42)27-38(36)23-40/h8-29H,1-7H3. The molecule has 0 heterocycles. The predicted molar refractivity (Wildman–Crippen MR) is 208 cm³/mol. The number of fused-ring (bicyclic) bond motifs is 6. The Morgan fingerprint density at radius 3 is 1.67 bits per heavy atom. The van der Waals surface area contributed by atoms with E-state index in [1.54, 1.807) is 0 Å². The van der Waals surface area contributed by atoms with E-state index in [0.29, 0.717) is 5.92 Å². The van der Waals surface area contributed by atoms with Gasteiger partial charge in [0.25, 0.3) is 0 Å². The zero-order valence-corrected chi connectivity index (χ0v) is 29.1. The lowest BCUT2D eigenvalue weighted by atomic mass is 9.77. The second-order valence-electron chi connectivity index (χ2n) is 15.0. The van der Waals surface area contributed by atoms with Gasteiger partial charge in [-0.05, 0) is 157 Å².